The molecule has 0 radical (unpaired) electrons. The van der Waals surface area contributed by atoms with Gasteiger partial charge in [0.2, 0.25) is 0 Å². The number of amides is 2. The van der Waals surface area contributed by atoms with Gasteiger partial charge in [0.15, 0.2) is 0 Å². The summed E-state index contributed by atoms with van der Waals surface area (Å²) in [6.45, 7) is 3.97. The van der Waals surface area contributed by atoms with Crippen LogP contribution in [0.2, 0.25) is 0 Å². The van der Waals surface area contributed by atoms with E-state index in [0.29, 0.717) is 29.3 Å². The van der Waals surface area contributed by atoms with Crippen molar-refractivity contribution in [1.29, 1.82) is 0 Å². The van der Waals surface area contributed by atoms with Crippen LogP contribution in [0.25, 0.3) is 5.57 Å². The number of likely N-dealkylation sites (tertiary alicyclic amines) is 1. The maximum Gasteiger partial charge on any atom is 0.282 e. The zero-order valence-electron chi connectivity index (χ0n) is 14.6. The normalized spacial score (nSPS) is 17.6. The number of carbonyl (C=O) groups is 2. The van der Waals surface area contributed by atoms with Crippen LogP contribution in [0.15, 0.2) is 47.5 Å². The minimum Gasteiger partial charge on any atom is -0.492 e. The number of nitrogens with zero attached hydrogens (tertiary/aromatic N) is 2. The molecule has 2 aliphatic rings. The van der Waals surface area contributed by atoms with Gasteiger partial charge in [-0.1, -0.05) is 18.2 Å². The maximum absolute atomic E-state index is 13.3. The number of benzene rings is 1. The molecule has 0 bridgehead atoms. The molecule has 2 aromatic rings. The molecule has 2 amide bonds. The predicted molar refractivity (Wildman–Crippen MR) is 102 cm³/mol. The van der Waals surface area contributed by atoms with E-state index in [1.54, 1.807) is 12.1 Å². The van der Waals surface area contributed by atoms with Gasteiger partial charge in [0.05, 0.1) is 17.9 Å². The van der Waals surface area contributed by atoms with Crippen LogP contribution in [0.3, 0.4) is 0 Å². The van der Waals surface area contributed by atoms with E-state index in [1.165, 1.54) is 16.2 Å². The number of thiophene rings is 1. The van der Waals surface area contributed by atoms with Crippen molar-refractivity contribution in [3.8, 4) is 5.75 Å². The molecule has 0 aliphatic carbocycles. The third-order valence-corrected chi connectivity index (χ3v) is 5.54. The molecular weight excluding hydrogens is 348 g/mol. The quantitative estimate of drug-likeness (QED) is 0.758. The number of rotatable bonds is 5. The van der Waals surface area contributed by atoms with E-state index >= 15 is 0 Å². The van der Waals surface area contributed by atoms with Crippen LogP contribution in [0, 0.1) is 0 Å². The molecule has 0 saturated carbocycles. The largest absolute Gasteiger partial charge is 0.492 e. The predicted octanol–water partition coefficient (Wildman–Crippen LogP) is 3.53. The molecule has 0 atom stereocenters. The van der Waals surface area contributed by atoms with Gasteiger partial charge in [-0.15, -0.1) is 11.3 Å². The van der Waals surface area contributed by atoms with Gasteiger partial charge in [0.25, 0.3) is 11.8 Å². The van der Waals surface area contributed by atoms with Gasteiger partial charge in [0, 0.05) is 18.0 Å². The van der Waals surface area contributed by atoms with E-state index < -0.39 is 0 Å². The van der Waals surface area contributed by atoms with Crippen molar-refractivity contribution in [3.63, 3.8) is 0 Å². The molecule has 0 unspecified atom stereocenters. The van der Waals surface area contributed by atoms with Gasteiger partial charge in [-0.3, -0.25) is 9.59 Å². The fourth-order valence-corrected chi connectivity index (χ4v) is 4.30. The zero-order valence-corrected chi connectivity index (χ0v) is 15.4. The van der Waals surface area contributed by atoms with Crippen molar-refractivity contribution >= 4 is 34.4 Å². The van der Waals surface area contributed by atoms with E-state index in [4.69, 9.17) is 4.74 Å². The first-order valence-corrected chi connectivity index (χ1v) is 9.74. The summed E-state index contributed by atoms with van der Waals surface area (Å²) in [5.41, 5.74) is 1.55. The van der Waals surface area contributed by atoms with Crippen LogP contribution >= 0.6 is 11.3 Å². The highest BCUT2D eigenvalue weighted by Crippen LogP contribution is 2.40. The number of ether oxygens (including phenoxy) is 1. The van der Waals surface area contributed by atoms with Crippen molar-refractivity contribution in [1.82, 2.24) is 4.90 Å². The Morgan fingerprint density at radius 3 is 2.50 bits per heavy atom. The van der Waals surface area contributed by atoms with E-state index in [2.05, 4.69) is 4.90 Å². The summed E-state index contributed by atoms with van der Waals surface area (Å²) in [4.78, 5) is 30.8. The Morgan fingerprint density at radius 2 is 1.81 bits per heavy atom. The first-order chi connectivity index (χ1) is 12.7. The molecule has 134 valence electrons. The standard InChI is InChI=1S/C20H20N2O3S/c1-2-25-15-9-4-3-8-14(15)22-19(23)17(16-10-7-13-26-16)18(20(22)24)21-11-5-6-12-21/h3-4,7-10,13H,2,5-6,11-12H2,1H3. The first-order valence-electron chi connectivity index (χ1n) is 8.86. The third-order valence-electron chi connectivity index (χ3n) is 4.66. The van der Waals surface area contributed by atoms with Gasteiger partial charge in [-0.05, 0) is 43.3 Å². The highest BCUT2D eigenvalue weighted by atomic mass is 32.1. The lowest BCUT2D eigenvalue weighted by molar-refractivity contribution is -0.120. The van der Waals surface area contributed by atoms with Crippen molar-refractivity contribution < 1.29 is 14.3 Å². The van der Waals surface area contributed by atoms with E-state index in [-0.39, 0.29) is 11.8 Å². The summed E-state index contributed by atoms with van der Waals surface area (Å²) >= 11 is 1.48. The Balaban J connectivity index is 1.82. The van der Waals surface area contributed by atoms with Crippen molar-refractivity contribution in [3.05, 3.63) is 52.4 Å². The van der Waals surface area contributed by atoms with E-state index in [1.807, 2.05) is 36.6 Å². The van der Waals surface area contributed by atoms with E-state index in [9.17, 15) is 9.59 Å². The lowest BCUT2D eigenvalue weighted by atomic mass is 10.2. The van der Waals surface area contributed by atoms with Gasteiger partial charge in [-0.2, -0.15) is 0 Å². The van der Waals surface area contributed by atoms with Crippen LogP contribution in [-0.4, -0.2) is 36.4 Å². The second-order valence-electron chi connectivity index (χ2n) is 6.24. The molecule has 26 heavy (non-hydrogen) atoms. The zero-order chi connectivity index (χ0) is 18.1. The fourth-order valence-electron chi connectivity index (χ4n) is 3.53. The molecule has 1 aromatic carbocycles. The number of para-hydroxylation sites is 2. The Bertz CT molecular complexity index is 867. The average Bonchev–Trinajstić information content (AvgIpc) is 3.37. The number of hydrogen-bond acceptors (Lipinski definition) is 5. The molecule has 2 aliphatic heterocycles. The molecule has 1 saturated heterocycles. The van der Waals surface area contributed by atoms with Crippen molar-refractivity contribution in [2.24, 2.45) is 0 Å². The number of carbonyl (C=O) groups excluding carboxylic acids is 2. The van der Waals surface area contributed by atoms with Gasteiger partial charge < -0.3 is 9.64 Å². The Labute approximate surface area is 156 Å². The summed E-state index contributed by atoms with van der Waals surface area (Å²) in [6, 6.07) is 11.0. The van der Waals surface area contributed by atoms with Crippen LogP contribution in [0.5, 0.6) is 5.75 Å². The van der Waals surface area contributed by atoms with Crippen molar-refractivity contribution in [2.45, 2.75) is 19.8 Å². The molecule has 3 heterocycles. The third kappa shape index (κ3) is 2.70. The SMILES string of the molecule is CCOc1ccccc1N1C(=O)C(c2cccs2)=C(N2CCCC2)C1=O. The lowest BCUT2D eigenvalue weighted by Gasteiger charge is -2.21. The van der Waals surface area contributed by atoms with Gasteiger partial charge >= 0.3 is 0 Å². The molecule has 0 spiro atoms. The van der Waals surface area contributed by atoms with Crippen LogP contribution in [0.4, 0.5) is 5.69 Å². The average molecular weight is 368 g/mol. The van der Waals surface area contributed by atoms with Gasteiger partial charge in [0.1, 0.15) is 11.4 Å². The molecule has 5 nitrogen and oxygen atoms in total. The lowest BCUT2D eigenvalue weighted by Crippen LogP contribution is -2.34. The first kappa shape index (κ1) is 16.8. The maximum atomic E-state index is 13.3. The second-order valence-corrected chi connectivity index (χ2v) is 7.19. The number of imide groups is 1. The highest BCUT2D eigenvalue weighted by Gasteiger charge is 2.44. The minimum absolute atomic E-state index is 0.257. The highest BCUT2D eigenvalue weighted by molar-refractivity contribution is 7.11. The molecule has 1 aromatic heterocycles. The van der Waals surface area contributed by atoms with Crippen LogP contribution in [-0.2, 0) is 9.59 Å². The molecule has 6 heteroatoms. The Morgan fingerprint density at radius 1 is 1.04 bits per heavy atom. The number of hydrogen-bond donors (Lipinski definition) is 0. The summed E-state index contributed by atoms with van der Waals surface area (Å²) in [5.74, 6) is 0.0175. The van der Waals surface area contributed by atoms with Gasteiger partial charge in [-0.25, -0.2) is 4.90 Å². The fraction of sp³-hybridized carbons (Fsp3) is 0.300. The number of anilines is 1. The second kappa shape index (κ2) is 6.96. The smallest absolute Gasteiger partial charge is 0.282 e. The summed E-state index contributed by atoms with van der Waals surface area (Å²) in [7, 11) is 0. The molecule has 1 fully saturated rings. The summed E-state index contributed by atoms with van der Waals surface area (Å²) in [6.07, 6.45) is 2.08. The Hall–Kier alpha value is -2.60. The van der Waals surface area contributed by atoms with Crippen LogP contribution in [0.1, 0.15) is 24.6 Å². The summed E-state index contributed by atoms with van der Waals surface area (Å²) < 4.78 is 5.66. The molecule has 4 rings (SSSR count). The van der Waals surface area contributed by atoms with Crippen LogP contribution < -0.4 is 9.64 Å². The van der Waals surface area contributed by atoms with Crippen molar-refractivity contribution in [2.75, 3.05) is 24.6 Å². The molecular formula is C20H20N2O3S. The topological polar surface area (TPSA) is 49.9 Å². The Kier molecular flexibility index (Phi) is 4.51. The summed E-state index contributed by atoms with van der Waals surface area (Å²) in [5, 5.41) is 1.93. The molecule has 0 N–H and O–H groups in total. The van der Waals surface area contributed by atoms with E-state index in [0.717, 1.165) is 30.8 Å². The monoisotopic (exact) mass is 368 g/mol. The minimum atomic E-state index is -0.272.